The van der Waals surface area contributed by atoms with Crippen molar-refractivity contribution < 1.29 is 13.6 Å². The van der Waals surface area contributed by atoms with E-state index in [0.717, 1.165) is 55.1 Å². The number of nitrogens with zero attached hydrogens (tertiary/aromatic N) is 2. The summed E-state index contributed by atoms with van der Waals surface area (Å²) in [5.74, 6) is -1.45. The van der Waals surface area contributed by atoms with Crippen LogP contribution in [0.15, 0.2) is 83.7 Å². The monoisotopic (exact) mass is 554 g/mol. The van der Waals surface area contributed by atoms with E-state index >= 15 is 0 Å². The van der Waals surface area contributed by atoms with Crippen molar-refractivity contribution in [3.05, 3.63) is 112 Å². The second kappa shape index (κ2) is 10.9. The summed E-state index contributed by atoms with van der Waals surface area (Å²) in [7, 11) is 0. The van der Waals surface area contributed by atoms with Gasteiger partial charge in [0.05, 0.1) is 0 Å². The number of nitrogens with one attached hydrogen (secondary N) is 1. The van der Waals surface area contributed by atoms with E-state index in [1.807, 2.05) is 47.4 Å². The Morgan fingerprint density at radius 3 is 2.44 bits per heavy atom. The van der Waals surface area contributed by atoms with Crippen LogP contribution in [0.5, 0.6) is 0 Å². The van der Waals surface area contributed by atoms with Crippen LogP contribution in [0.4, 0.5) is 14.5 Å². The molecule has 2 heterocycles. The van der Waals surface area contributed by atoms with Crippen molar-refractivity contribution in [2.45, 2.75) is 37.8 Å². The van der Waals surface area contributed by atoms with Crippen molar-refractivity contribution in [3.8, 4) is 22.4 Å². The first kappa shape index (κ1) is 26.9. The zero-order valence-corrected chi connectivity index (χ0v) is 22.7. The molecule has 0 radical (unpaired) electrons. The SMILES string of the molecule is Nc1ccc(C(=O)N2CCN(Cc3ccc(-c4ccccc4)[nH]c3=O)C3(CCCC3)C2)c(-c2cc(F)ccc2F)c1. The topological polar surface area (TPSA) is 82.4 Å². The van der Waals surface area contributed by atoms with Crippen LogP contribution in [0.1, 0.15) is 41.6 Å². The van der Waals surface area contributed by atoms with Gasteiger partial charge in [0.25, 0.3) is 11.5 Å². The van der Waals surface area contributed by atoms with Gasteiger partial charge in [0.1, 0.15) is 11.6 Å². The van der Waals surface area contributed by atoms with E-state index in [9.17, 15) is 18.4 Å². The second-order valence-corrected chi connectivity index (χ2v) is 11.1. The molecular formula is C33H32F2N4O2. The Kier molecular flexibility index (Phi) is 7.17. The van der Waals surface area contributed by atoms with E-state index in [0.29, 0.717) is 43.0 Å². The molecule has 6 rings (SSSR count). The summed E-state index contributed by atoms with van der Waals surface area (Å²) in [5, 5.41) is 0. The predicted octanol–water partition coefficient (Wildman–Crippen LogP) is 5.84. The normalized spacial score (nSPS) is 16.8. The minimum Gasteiger partial charge on any atom is -0.399 e. The van der Waals surface area contributed by atoms with Gasteiger partial charge in [0.2, 0.25) is 0 Å². The number of aromatic nitrogens is 1. The molecule has 1 amide bonds. The number of anilines is 1. The molecule has 1 aromatic heterocycles. The maximum absolute atomic E-state index is 14.8. The van der Waals surface area contributed by atoms with E-state index in [2.05, 4.69) is 9.88 Å². The van der Waals surface area contributed by atoms with Gasteiger partial charge in [-0.1, -0.05) is 49.2 Å². The smallest absolute Gasteiger partial charge is 0.254 e. The number of aromatic amines is 1. The summed E-state index contributed by atoms with van der Waals surface area (Å²) in [5.41, 5.74) is 8.99. The molecule has 1 spiro atoms. The molecule has 0 atom stereocenters. The lowest BCUT2D eigenvalue weighted by Crippen LogP contribution is -2.61. The zero-order chi connectivity index (χ0) is 28.6. The molecule has 1 aliphatic heterocycles. The first-order valence-corrected chi connectivity index (χ1v) is 14.0. The fourth-order valence-electron chi connectivity index (χ4n) is 6.41. The van der Waals surface area contributed by atoms with E-state index in [-0.39, 0.29) is 28.1 Å². The summed E-state index contributed by atoms with van der Waals surface area (Å²) in [6.07, 6.45) is 3.93. The first-order valence-electron chi connectivity index (χ1n) is 14.0. The van der Waals surface area contributed by atoms with E-state index in [1.54, 1.807) is 12.1 Å². The quantitative estimate of drug-likeness (QED) is 0.304. The number of nitrogens with two attached hydrogens (primary N) is 1. The van der Waals surface area contributed by atoms with E-state index < -0.39 is 11.6 Å². The minimum atomic E-state index is -0.619. The van der Waals surface area contributed by atoms with Crippen molar-refractivity contribution in [2.24, 2.45) is 0 Å². The number of nitrogen functional groups attached to an aromatic ring is 1. The molecular weight excluding hydrogens is 522 g/mol. The van der Waals surface area contributed by atoms with Crippen molar-refractivity contribution in [1.82, 2.24) is 14.8 Å². The lowest BCUT2D eigenvalue weighted by atomic mass is 9.90. The number of halogens is 2. The average molecular weight is 555 g/mol. The number of hydrogen-bond donors (Lipinski definition) is 2. The molecule has 41 heavy (non-hydrogen) atoms. The van der Waals surface area contributed by atoms with Crippen LogP contribution >= 0.6 is 0 Å². The third kappa shape index (κ3) is 5.27. The molecule has 3 aromatic carbocycles. The average Bonchev–Trinajstić information content (AvgIpc) is 3.45. The van der Waals surface area contributed by atoms with E-state index in [4.69, 9.17) is 5.73 Å². The summed E-state index contributed by atoms with van der Waals surface area (Å²) >= 11 is 0. The molecule has 2 aliphatic rings. The van der Waals surface area contributed by atoms with Crippen molar-refractivity contribution >= 4 is 11.6 Å². The highest BCUT2D eigenvalue weighted by molar-refractivity contribution is 6.01. The third-order valence-electron chi connectivity index (χ3n) is 8.55. The number of amides is 1. The van der Waals surface area contributed by atoms with Crippen LogP contribution in [-0.4, -0.2) is 45.9 Å². The van der Waals surface area contributed by atoms with Crippen molar-refractivity contribution in [1.29, 1.82) is 0 Å². The fourth-order valence-corrected chi connectivity index (χ4v) is 6.41. The van der Waals surface area contributed by atoms with Crippen LogP contribution < -0.4 is 11.3 Å². The molecule has 2 fully saturated rings. The largest absolute Gasteiger partial charge is 0.399 e. The minimum absolute atomic E-state index is 0.00744. The van der Waals surface area contributed by atoms with Crippen LogP contribution in [0.2, 0.25) is 0 Å². The summed E-state index contributed by atoms with van der Waals surface area (Å²) < 4.78 is 28.8. The van der Waals surface area contributed by atoms with Crippen molar-refractivity contribution in [3.63, 3.8) is 0 Å². The fraction of sp³-hybridized carbons (Fsp3) is 0.273. The zero-order valence-electron chi connectivity index (χ0n) is 22.7. The highest BCUT2D eigenvalue weighted by Gasteiger charge is 2.45. The number of hydrogen-bond acceptors (Lipinski definition) is 4. The Labute approximate surface area is 237 Å². The van der Waals surface area contributed by atoms with Crippen LogP contribution in [-0.2, 0) is 6.54 Å². The Balaban J connectivity index is 1.26. The molecule has 0 unspecified atom stereocenters. The van der Waals surface area contributed by atoms with Gasteiger partial charge in [-0.05, 0) is 66.4 Å². The first-order chi connectivity index (χ1) is 19.8. The molecule has 8 heteroatoms. The van der Waals surface area contributed by atoms with Gasteiger partial charge in [-0.2, -0.15) is 0 Å². The summed E-state index contributed by atoms with van der Waals surface area (Å²) in [6, 6.07) is 21.5. The van der Waals surface area contributed by atoms with Gasteiger partial charge in [-0.15, -0.1) is 0 Å². The van der Waals surface area contributed by atoms with Gasteiger partial charge in [-0.25, -0.2) is 8.78 Å². The Hall–Kier alpha value is -4.30. The lowest BCUT2D eigenvalue weighted by Gasteiger charge is -2.49. The number of carbonyl (C=O) groups excluding carboxylic acids is 1. The molecule has 6 nitrogen and oxygen atoms in total. The predicted molar refractivity (Wildman–Crippen MR) is 156 cm³/mol. The molecule has 3 N–H and O–H groups in total. The van der Waals surface area contributed by atoms with Crippen LogP contribution in [0.25, 0.3) is 22.4 Å². The Morgan fingerprint density at radius 1 is 0.902 bits per heavy atom. The number of carbonyl (C=O) groups is 1. The van der Waals surface area contributed by atoms with Crippen LogP contribution in [0.3, 0.4) is 0 Å². The maximum atomic E-state index is 14.8. The Morgan fingerprint density at radius 2 is 1.68 bits per heavy atom. The molecule has 1 saturated heterocycles. The standard InChI is InChI=1S/C33H32F2N4O2/c34-24-9-12-29(35)28(18-24)27-19-25(36)10-11-26(27)32(41)38-16-17-39(33(21-38)14-4-5-15-33)20-23-8-13-30(37-31(23)40)22-6-2-1-3-7-22/h1-3,6-13,18-19H,4-5,14-17,20-21,36H2,(H,37,40). The van der Waals surface area contributed by atoms with Crippen LogP contribution in [0, 0.1) is 11.6 Å². The molecule has 0 bridgehead atoms. The summed E-state index contributed by atoms with van der Waals surface area (Å²) in [6.45, 7) is 2.05. The molecule has 4 aromatic rings. The number of rotatable bonds is 5. The molecule has 1 aliphatic carbocycles. The number of pyridine rings is 1. The highest BCUT2D eigenvalue weighted by Crippen LogP contribution is 2.40. The van der Waals surface area contributed by atoms with Gasteiger partial charge in [-0.3, -0.25) is 14.5 Å². The highest BCUT2D eigenvalue weighted by atomic mass is 19.1. The number of benzene rings is 3. The number of piperazine rings is 1. The maximum Gasteiger partial charge on any atom is 0.254 e. The second-order valence-electron chi connectivity index (χ2n) is 11.1. The molecule has 1 saturated carbocycles. The molecule has 210 valence electrons. The van der Waals surface area contributed by atoms with Gasteiger partial charge in [0, 0.05) is 59.8 Å². The number of H-pyrrole nitrogens is 1. The van der Waals surface area contributed by atoms with Crippen molar-refractivity contribution in [2.75, 3.05) is 25.4 Å². The van der Waals surface area contributed by atoms with Gasteiger partial charge >= 0.3 is 0 Å². The van der Waals surface area contributed by atoms with Gasteiger partial charge < -0.3 is 15.6 Å². The lowest BCUT2D eigenvalue weighted by molar-refractivity contribution is -0.00166. The van der Waals surface area contributed by atoms with Gasteiger partial charge in [0.15, 0.2) is 0 Å². The van der Waals surface area contributed by atoms with E-state index in [1.165, 1.54) is 6.07 Å². The third-order valence-corrected chi connectivity index (χ3v) is 8.55. The Bertz CT molecular complexity index is 1650. The summed E-state index contributed by atoms with van der Waals surface area (Å²) in [4.78, 5) is 34.2.